The van der Waals surface area contributed by atoms with E-state index in [0.29, 0.717) is 0 Å². The van der Waals surface area contributed by atoms with Crippen LogP contribution in [0.3, 0.4) is 0 Å². The maximum atomic E-state index is 4.75. The van der Waals surface area contributed by atoms with Crippen LogP contribution in [0, 0.1) is 5.92 Å². The van der Waals surface area contributed by atoms with E-state index in [1.165, 1.54) is 25.9 Å². The molecular weight excluding hydrogens is 403 g/mol. The topological polar surface area (TPSA) is 57.5 Å². The molecule has 2 rings (SSSR count). The van der Waals surface area contributed by atoms with Crippen molar-refractivity contribution in [3.05, 3.63) is 18.5 Å². The van der Waals surface area contributed by atoms with Gasteiger partial charge < -0.3 is 15.5 Å². The van der Waals surface area contributed by atoms with Crippen molar-refractivity contribution < 1.29 is 0 Å². The monoisotopic (exact) mass is 434 g/mol. The van der Waals surface area contributed by atoms with Gasteiger partial charge in [0.1, 0.15) is 0 Å². The van der Waals surface area contributed by atoms with Crippen LogP contribution in [0.2, 0.25) is 0 Å². The number of rotatable bonds is 7. The van der Waals surface area contributed by atoms with E-state index in [-0.39, 0.29) is 24.0 Å². The van der Waals surface area contributed by atoms with Gasteiger partial charge in [0, 0.05) is 38.6 Å². The summed E-state index contributed by atoms with van der Waals surface area (Å²) in [6, 6.07) is 1.96. The van der Waals surface area contributed by atoms with E-state index in [9.17, 15) is 0 Å². The Hall–Kier alpha value is -0.830. The third-order valence-corrected chi connectivity index (χ3v) is 4.11. The quantitative estimate of drug-likeness (QED) is 0.298. The van der Waals surface area contributed by atoms with Crippen LogP contribution in [0.4, 0.5) is 0 Å². The molecule has 0 bridgehead atoms. The summed E-state index contributed by atoms with van der Waals surface area (Å²) in [7, 11) is 2.20. The molecular formula is C16H31IN6. The molecule has 2 N–H and O–H groups in total. The van der Waals surface area contributed by atoms with Gasteiger partial charge in [-0.25, -0.2) is 0 Å². The van der Waals surface area contributed by atoms with Crippen molar-refractivity contribution in [2.45, 2.75) is 32.7 Å². The molecule has 132 valence electrons. The maximum Gasteiger partial charge on any atom is 0.191 e. The Morgan fingerprint density at radius 1 is 1.30 bits per heavy atom. The molecule has 6 nitrogen and oxygen atoms in total. The highest BCUT2D eigenvalue weighted by atomic mass is 127. The Bertz CT molecular complexity index is 426. The molecule has 0 aromatic carbocycles. The first-order chi connectivity index (χ1) is 10.8. The van der Waals surface area contributed by atoms with Gasteiger partial charge in [0.05, 0.1) is 0 Å². The van der Waals surface area contributed by atoms with Gasteiger partial charge in [-0.05, 0) is 58.3 Å². The van der Waals surface area contributed by atoms with Gasteiger partial charge in [-0.2, -0.15) is 5.10 Å². The highest BCUT2D eigenvalue weighted by Crippen LogP contribution is 2.15. The second-order valence-electron chi connectivity index (χ2n) is 6.02. The first-order valence-corrected chi connectivity index (χ1v) is 8.46. The van der Waals surface area contributed by atoms with Crippen molar-refractivity contribution >= 4 is 29.9 Å². The normalized spacial score (nSPS) is 16.9. The lowest BCUT2D eigenvalue weighted by Crippen LogP contribution is -2.39. The van der Waals surface area contributed by atoms with Gasteiger partial charge in [0.2, 0.25) is 0 Å². The van der Waals surface area contributed by atoms with Crippen molar-refractivity contribution in [3.63, 3.8) is 0 Å². The van der Waals surface area contributed by atoms with E-state index in [2.05, 4.69) is 34.6 Å². The Kier molecular flexibility index (Phi) is 10.3. The minimum Gasteiger partial charge on any atom is -0.357 e. The smallest absolute Gasteiger partial charge is 0.191 e. The first kappa shape index (κ1) is 20.2. The molecule has 7 heteroatoms. The van der Waals surface area contributed by atoms with Crippen LogP contribution in [0.25, 0.3) is 0 Å². The Morgan fingerprint density at radius 3 is 2.74 bits per heavy atom. The lowest BCUT2D eigenvalue weighted by atomic mass is 9.97. The van der Waals surface area contributed by atoms with Gasteiger partial charge in [0.15, 0.2) is 5.96 Å². The number of nitrogens with zero attached hydrogens (tertiary/aromatic N) is 4. The average molecular weight is 434 g/mol. The highest BCUT2D eigenvalue weighted by Gasteiger charge is 2.16. The van der Waals surface area contributed by atoms with Gasteiger partial charge in [-0.3, -0.25) is 9.67 Å². The summed E-state index contributed by atoms with van der Waals surface area (Å²) in [6.45, 7) is 8.20. The Morgan fingerprint density at radius 2 is 2.09 bits per heavy atom. The predicted molar refractivity (Wildman–Crippen MR) is 106 cm³/mol. The number of nitrogens with one attached hydrogen (secondary N) is 2. The van der Waals surface area contributed by atoms with Crippen LogP contribution < -0.4 is 10.6 Å². The first-order valence-electron chi connectivity index (χ1n) is 8.46. The van der Waals surface area contributed by atoms with Crippen molar-refractivity contribution in [1.29, 1.82) is 0 Å². The van der Waals surface area contributed by atoms with Crippen LogP contribution in [-0.4, -0.2) is 60.4 Å². The molecule has 1 aromatic heterocycles. The fraction of sp³-hybridized carbons (Fsp3) is 0.750. The van der Waals surface area contributed by atoms with Crippen molar-refractivity contribution in [2.24, 2.45) is 10.9 Å². The molecule has 0 amide bonds. The standard InChI is InChI=1S/C16H30N6.HI/c1-3-17-16(18-8-4-10-22-11-5-9-20-22)19-14-15-6-12-21(2)13-7-15;/h5,9,11,15H,3-4,6-8,10,12-14H2,1-2H3,(H2,17,18,19);1H. The van der Waals surface area contributed by atoms with E-state index >= 15 is 0 Å². The van der Waals surface area contributed by atoms with E-state index < -0.39 is 0 Å². The van der Waals surface area contributed by atoms with Crippen LogP contribution in [0.5, 0.6) is 0 Å². The Labute approximate surface area is 157 Å². The van der Waals surface area contributed by atoms with Crippen LogP contribution >= 0.6 is 24.0 Å². The molecule has 0 aliphatic carbocycles. The molecule has 1 aromatic rings. The molecule has 0 atom stereocenters. The summed E-state index contributed by atoms with van der Waals surface area (Å²) in [6.07, 6.45) is 7.39. The number of piperidine rings is 1. The van der Waals surface area contributed by atoms with E-state index in [4.69, 9.17) is 4.99 Å². The number of guanidine groups is 1. The summed E-state index contributed by atoms with van der Waals surface area (Å²) in [5.41, 5.74) is 0. The lowest BCUT2D eigenvalue weighted by Gasteiger charge is -2.28. The Balaban J connectivity index is 0.00000264. The second-order valence-corrected chi connectivity index (χ2v) is 6.02. The highest BCUT2D eigenvalue weighted by molar-refractivity contribution is 14.0. The fourth-order valence-electron chi connectivity index (χ4n) is 2.69. The summed E-state index contributed by atoms with van der Waals surface area (Å²) < 4.78 is 1.96. The number of halogens is 1. The van der Waals surface area contributed by atoms with E-state index in [1.54, 1.807) is 0 Å². The molecule has 1 saturated heterocycles. The molecule has 0 radical (unpaired) electrons. The second kappa shape index (κ2) is 11.7. The molecule has 23 heavy (non-hydrogen) atoms. The van der Waals surface area contributed by atoms with Gasteiger partial charge in [-0.1, -0.05) is 0 Å². The van der Waals surface area contributed by atoms with Gasteiger partial charge in [0.25, 0.3) is 0 Å². The molecule has 1 aliphatic heterocycles. The minimum absolute atomic E-state index is 0. The summed E-state index contributed by atoms with van der Waals surface area (Å²) in [4.78, 5) is 7.15. The maximum absolute atomic E-state index is 4.75. The fourth-order valence-corrected chi connectivity index (χ4v) is 2.69. The summed E-state index contributed by atoms with van der Waals surface area (Å²) in [5.74, 6) is 1.68. The molecule has 0 unspecified atom stereocenters. The molecule has 1 aliphatic rings. The lowest BCUT2D eigenvalue weighted by molar-refractivity contribution is 0.223. The third-order valence-electron chi connectivity index (χ3n) is 4.11. The number of aliphatic imine (C=N–C) groups is 1. The number of hydrogen-bond acceptors (Lipinski definition) is 3. The number of aromatic nitrogens is 2. The summed E-state index contributed by atoms with van der Waals surface area (Å²) >= 11 is 0. The number of likely N-dealkylation sites (tertiary alicyclic amines) is 1. The number of aryl methyl sites for hydroxylation is 1. The van der Waals surface area contributed by atoms with E-state index in [1.807, 2.05) is 23.1 Å². The molecule has 0 saturated carbocycles. The van der Waals surface area contributed by atoms with Gasteiger partial charge >= 0.3 is 0 Å². The largest absolute Gasteiger partial charge is 0.357 e. The SMILES string of the molecule is CCNC(=NCC1CCN(C)CC1)NCCCn1cccn1.I. The van der Waals surface area contributed by atoms with E-state index in [0.717, 1.165) is 44.5 Å². The van der Waals surface area contributed by atoms with Crippen molar-refractivity contribution in [2.75, 3.05) is 39.8 Å². The van der Waals surface area contributed by atoms with Crippen LogP contribution in [0.1, 0.15) is 26.2 Å². The zero-order valence-electron chi connectivity index (χ0n) is 14.4. The van der Waals surface area contributed by atoms with Crippen LogP contribution in [0.15, 0.2) is 23.5 Å². The molecule has 0 spiro atoms. The predicted octanol–water partition coefficient (Wildman–Crippen LogP) is 1.79. The average Bonchev–Trinajstić information content (AvgIpc) is 3.04. The minimum atomic E-state index is 0. The number of hydrogen-bond donors (Lipinski definition) is 2. The third kappa shape index (κ3) is 8.01. The van der Waals surface area contributed by atoms with Gasteiger partial charge in [-0.15, -0.1) is 24.0 Å². The zero-order chi connectivity index (χ0) is 15.6. The zero-order valence-corrected chi connectivity index (χ0v) is 16.7. The van der Waals surface area contributed by atoms with Crippen LogP contribution in [-0.2, 0) is 6.54 Å². The molecule has 1 fully saturated rings. The van der Waals surface area contributed by atoms with Crippen molar-refractivity contribution in [1.82, 2.24) is 25.3 Å². The molecule has 2 heterocycles. The summed E-state index contributed by atoms with van der Waals surface area (Å²) in [5, 5.41) is 11.0. The van der Waals surface area contributed by atoms with Crippen molar-refractivity contribution in [3.8, 4) is 0 Å².